The van der Waals surface area contributed by atoms with Crippen molar-refractivity contribution in [2.45, 2.75) is 38.8 Å². The van der Waals surface area contributed by atoms with Crippen molar-refractivity contribution in [3.05, 3.63) is 23.9 Å². The third-order valence-corrected chi connectivity index (χ3v) is 6.07. The number of hydrogen-bond donors (Lipinski definition) is 2. The van der Waals surface area contributed by atoms with Crippen molar-refractivity contribution in [2.24, 2.45) is 10.9 Å². The van der Waals surface area contributed by atoms with E-state index in [-0.39, 0.29) is 17.5 Å². The average molecular weight is 366 g/mol. The van der Waals surface area contributed by atoms with E-state index in [9.17, 15) is 8.42 Å². The van der Waals surface area contributed by atoms with Gasteiger partial charge in [-0.2, -0.15) is 0 Å². The lowest BCUT2D eigenvalue weighted by atomic mass is 10.2. The maximum Gasteiger partial charge on any atom is 0.213 e. The maximum absolute atomic E-state index is 11.6. The van der Waals surface area contributed by atoms with Crippen LogP contribution >= 0.6 is 0 Å². The smallest absolute Gasteiger partial charge is 0.213 e. The molecule has 0 radical (unpaired) electrons. The second-order valence-corrected chi connectivity index (χ2v) is 8.92. The van der Waals surface area contributed by atoms with E-state index in [1.165, 1.54) is 12.8 Å². The first-order valence-electron chi connectivity index (χ1n) is 8.87. The zero-order valence-corrected chi connectivity index (χ0v) is 15.4. The van der Waals surface area contributed by atoms with Crippen LogP contribution in [0.15, 0.2) is 23.3 Å². The summed E-state index contributed by atoms with van der Waals surface area (Å²) in [6, 6.07) is 3.75. The van der Waals surface area contributed by atoms with Crippen molar-refractivity contribution in [1.82, 2.24) is 15.6 Å². The molecule has 25 heavy (non-hydrogen) atoms. The number of aromatic nitrogens is 1. The molecular formula is C17H26N4O3S. The molecule has 1 aromatic rings. The van der Waals surface area contributed by atoms with Crippen LogP contribution in [0, 0.1) is 5.92 Å². The summed E-state index contributed by atoms with van der Waals surface area (Å²) in [6.07, 6.45) is 4.86. The summed E-state index contributed by atoms with van der Waals surface area (Å²) in [5, 5.41) is 6.39. The van der Waals surface area contributed by atoms with Crippen LogP contribution in [0.25, 0.3) is 0 Å². The van der Waals surface area contributed by atoms with Crippen molar-refractivity contribution in [2.75, 3.05) is 24.7 Å². The highest BCUT2D eigenvalue weighted by molar-refractivity contribution is 7.91. The molecule has 2 N–H and O–H groups in total. The quantitative estimate of drug-likeness (QED) is 0.555. The molecular weight excluding hydrogens is 340 g/mol. The van der Waals surface area contributed by atoms with Crippen LogP contribution in [-0.2, 0) is 16.4 Å². The fourth-order valence-corrected chi connectivity index (χ4v) is 4.38. The highest BCUT2D eigenvalue weighted by Gasteiger charge is 2.28. The van der Waals surface area contributed by atoms with E-state index in [1.807, 2.05) is 19.1 Å². The Morgan fingerprint density at radius 3 is 2.92 bits per heavy atom. The summed E-state index contributed by atoms with van der Waals surface area (Å²) in [5.41, 5.74) is 1.01. The largest absolute Gasteiger partial charge is 0.477 e. The Balaban J connectivity index is 1.57. The monoisotopic (exact) mass is 366 g/mol. The third-order valence-electron chi connectivity index (χ3n) is 4.30. The highest BCUT2D eigenvalue weighted by atomic mass is 32.2. The first kappa shape index (κ1) is 18.0. The lowest BCUT2D eigenvalue weighted by molar-refractivity contribution is 0.288. The topological polar surface area (TPSA) is 92.7 Å². The van der Waals surface area contributed by atoms with Gasteiger partial charge in [0.1, 0.15) is 0 Å². The van der Waals surface area contributed by atoms with Gasteiger partial charge in [0.05, 0.1) is 24.7 Å². The molecule has 1 unspecified atom stereocenters. The van der Waals surface area contributed by atoms with Gasteiger partial charge in [-0.25, -0.2) is 18.4 Å². The van der Waals surface area contributed by atoms with Gasteiger partial charge < -0.3 is 15.4 Å². The second-order valence-electron chi connectivity index (χ2n) is 6.70. The number of guanidine groups is 1. The van der Waals surface area contributed by atoms with Crippen LogP contribution in [0.1, 0.15) is 31.7 Å². The molecule has 138 valence electrons. The van der Waals surface area contributed by atoms with Gasteiger partial charge in [0.2, 0.25) is 5.88 Å². The predicted molar refractivity (Wildman–Crippen MR) is 97.5 cm³/mol. The standard InChI is InChI=1S/C17H26N4O3S/c1-2-18-17(21-15-6-8-25(22,23)12-15)20-10-14-5-7-19-16(9-14)24-11-13-3-4-13/h5,7,9,13,15H,2-4,6,8,10-12H2,1H3,(H2,18,20,21). The van der Waals surface area contributed by atoms with Crippen molar-refractivity contribution in [1.29, 1.82) is 0 Å². The number of sulfone groups is 1. The number of ether oxygens (including phenoxy) is 1. The fourth-order valence-electron chi connectivity index (χ4n) is 2.71. The first-order valence-corrected chi connectivity index (χ1v) is 10.7. The van der Waals surface area contributed by atoms with E-state index in [0.29, 0.717) is 30.7 Å². The van der Waals surface area contributed by atoms with Gasteiger partial charge in [-0.05, 0) is 43.7 Å². The Labute approximate surface area is 149 Å². The number of aliphatic imine (C=N–C) groups is 1. The Bertz CT molecular complexity index is 716. The molecule has 1 aromatic heterocycles. The van der Waals surface area contributed by atoms with Gasteiger partial charge in [-0.3, -0.25) is 0 Å². The lowest BCUT2D eigenvalue weighted by Gasteiger charge is -2.15. The Kier molecular flexibility index (Phi) is 5.78. The summed E-state index contributed by atoms with van der Waals surface area (Å²) in [4.78, 5) is 8.79. The van der Waals surface area contributed by atoms with Crippen molar-refractivity contribution in [3.63, 3.8) is 0 Å². The molecule has 0 spiro atoms. The van der Waals surface area contributed by atoms with Crippen LogP contribution in [0.4, 0.5) is 0 Å². The minimum absolute atomic E-state index is 0.0716. The molecule has 1 atom stereocenters. The van der Waals surface area contributed by atoms with E-state index in [2.05, 4.69) is 20.6 Å². The predicted octanol–water partition coefficient (Wildman–Crippen LogP) is 1.11. The summed E-state index contributed by atoms with van der Waals surface area (Å²) in [5.74, 6) is 2.39. The van der Waals surface area contributed by atoms with E-state index >= 15 is 0 Å². The van der Waals surface area contributed by atoms with Crippen LogP contribution in [0.3, 0.4) is 0 Å². The van der Waals surface area contributed by atoms with Gasteiger partial charge in [-0.15, -0.1) is 0 Å². The molecule has 1 aliphatic heterocycles. The fraction of sp³-hybridized carbons (Fsp3) is 0.647. The normalized spacial score (nSPS) is 22.6. The average Bonchev–Trinajstić information content (AvgIpc) is 3.35. The molecule has 0 amide bonds. The van der Waals surface area contributed by atoms with Crippen LogP contribution in [-0.4, -0.2) is 50.1 Å². The van der Waals surface area contributed by atoms with Crippen molar-refractivity contribution in [3.8, 4) is 5.88 Å². The molecule has 2 aliphatic rings. The summed E-state index contributed by atoms with van der Waals surface area (Å²) in [6.45, 7) is 3.92. The van der Waals surface area contributed by atoms with E-state index in [0.717, 1.165) is 18.7 Å². The molecule has 7 nitrogen and oxygen atoms in total. The van der Waals surface area contributed by atoms with E-state index in [4.69, 9.17) is 4.74 Å². The summed E-state index contributed by atoms with van der Waals surface area (Å²) in [7, 11) is -2.91. The molecule has 2 heterocycles. The van der Waals surface area contributed by atoms with Crippen molar-refractivity contribution >= 4 is 15.8 Å². The molecule has 8 heteroatoms. The first-order chi connectivity index (χ1) is 12.0. The lowest BCUT2D eigenvalue weighted by Crippen LogP contribution is -2.44. The molecule has 0 bridgehead atoms. The van der Waals surface area contributed by atoms with Gasteiger partial charge >= 0.3 is 0 Å². The second kappa shape index (κ2) is 8.03. The SMILES string of the molecule is CCNC(=NCc1ccnc(OCC2CC2)c1)NC1CCS(=O)(=O)C1. The summed E-state index contributed by atoms with van der Waals surface area (Å²) >= 11 is 0. The number of nitrogens with zero attached hydrogens (tertiary/aromatic N) is 2. The van der Waals surface area contributed by atoms with E-state index in [1.54, 1.807) is 6.20 Å². The molecule has 1 aliphatic carbocycles. The Morgan fingerprint density at radius 2 is 2.24 bits per heavy atom. The minimum Gasteiger partial charge on any atom is -0.477 e. The van der Waals surface area contributed by atoms with E-state index < -0.39 is 9.84 Å². The van der Waals surface area contributed by atoms with Crippen LogP contribution in [0.2, 0.25) is 0 Å². The van der Waals surface area contributed by atoms with Crippen molar-refractivity contribution < 1.29 is 13.2 Å². The highest BCUT2D eigenvalue weighted by Crippen LogP contribution is 2.29. The molecule has 3 rings (SSSR count). The molecule has 1 saturated carbocycles. The maximum atomic E-state index is 11.6. The number of rotatable bonds is 7. The zero-order valence-electron chi connectivity index (χ0n) is 14.6. The zero-order chi connectivity index (χ0) is 17.7. The number of hydrogen-bond acceptors (Lipinski definition) is 5. The van der Waals surface area contributed by atoms with Crippen LogP contribution < -0.4 is 15.4 Å². The van der Waals surface area contributed by atoms with Crippen LogP contribution in [0.5, 0.6) is 5.88 Å². The Morgan fingerprint density at radius 1 is 1.40 bits per heavy atom. The molecule has 2 fully saturated rings. The number of nitrogens with one attached hydrogen (secondary N) is 2. The van der Waals surface area contributed by atoms with Gasteiger partial charge in [0.25, 0.3) is 0 Å². The molecule has 1 saturated heterocycles. The Hall–Kier alpha value is -1.83. The minimum atomic E-state index is -2.91. The van der Waals surface area contributed by atoms with Gasteiger partial charge in [-0.1, -0.05) is 0 Å². The third kappa shape index (κ3) is 5.88. The summed E-state index contributed by atoms with van der Waals surface area (Å²) < 4.78 is 28.9. The van der Waals surface area contributed by atoms with Gasteiger partial charge in [0, 0.05) is 24.8 Å². The molecule has 0 aromatic carbocycles. The van der Waals surface area contributed by atoms with Gasteiger partial charge in [0.15, 0.2) is 15.8 Å². The number of pyridine rings is 1.